The van der Waals surface area contributed by atoms with E-state index in [0.717, 1.165) is 44.0 Å². The molecule has 0 aromatic heterocycles. The molecule has 1 aromatic carbocycles. The van der Waals surface area contributed by atoms with Crippen LogP contribution in [0, 0.1) is 12.7 Å². The number of hydrogen-bond acceptors (Lipinski definition) is 2. The SMILES string of the molecule is CCN1CCN(c2cc(C)c(C(C)C)cc2F)CC1. The van der Waals surface area contributed by atoms with Gasteiger partial charge in [0.25, 0.3) is 0 Å². The number of benzene rings is 1. The van der Waals surface area contributed by atoms with Gasteiger partial charge in [-0.1, -0.05) is 20.8 Å². The summed E-state index contributed by atoms with van der Waals surface area (Å²) in [4.78, 5) is 4.59. The van der Waals surface area contributed by atoms with Gasteiger partial charge in [0.2, 0.25) is 0 Å². The zero-order valence-electron chi connectivity index (χ0n) is 12.5. The molecular formula is C16H25FN2. The number of piperazine rings is 1. The molecule has 0 saturated carbocycles. The van der Waals surface area contributed by atoms with Gasteiger partial charge in [-0.05, 0) is 42.6 Å². The predicted octanol–water partition coefficient (Wildman–Crippen LogP) is 3.40. The van der Waals surface area contributed by atoms with Gasteiger partial charge in [0.05, 0.1) is 5.69 Å². The van der Waals surface area contributed by atoms with Crippen molar-refractivity contribution in [2.45, 2.75) is 33.6 Å². The Kier molecular flexibility index (Phi) is 4.46. The molecule has 0 unspecified atom stereocenters. The molecule has 0 aliphatic carbocycles. The molecule has 0 amide bonds. The summed E-state index contributed by atoms with van der Waals surface area (Å²) < 4.78 is 14.3. The summed E-state index contributed by atoms with van der Waals surface area (Å²) in [5.74, 6) is 0.305. The fourth-order valence-electron chi connectivity index (χ4n) is 2.85. The second-order valence-corrected chi connectivity index (χ2v) is 5.74. The highest BCUT2D eigenvalue weighted by Gasteiger charge is 2.19. The fourth-order valence-corrected chi connectivity index (χ4v) is 2.85. The third-order valence-corrected chi connectivity index (χ3v) is 4.12. The molecule has 0 N–H and O–H groups in total. The van der Waals surface area contributed by atoms with Gasteiger partial charge in [0.15, 0.2) is 0 Å². The number of nitrogens with zero attached hydrogens (tertiary/aromatic N) is 2. The monoisotopic (exact) mass is 264 g/mol. The number of halogens is 1. The minimum Gasteiger partial charge on any atom is -0.367 e. The van der Waals surface area contributed by atoms with Crippen LogP contribution in [0.3, 0.4) is 0 Å². The molecule has 1 heterocycles. The van der Waals surface area contributed by atoms with Crippen molar-refractivity contribution in [1.82, 2.24) is 4.90 Å². The largest absolute Gasteiger partial charge is 0.367 e. The summed E-state index contributed by atoms with van der Waals surface area (Å²) in [5.41, 5.74) is 3.09. The number of hydrogen-bond donors (Lipinski definition) is 0. The summed E-state index contributed by atoms with van der Waals surface area (Å²) in [6.07, 6.45) is 0. The lowest BCUT2D eigenvalue weighted by molar-refractivity contribution is 0.270. The van der Waals surface area contributed by atoms with Crippen molar-refractivity contribution < 1.29 is 4.39 Å². The summed E-state index contributed by atoms with van der Waals surface area (Å²) in [6, 6.07) is 3.74. The van der Waals surface area contributed by atoms with Gasteiger partial charge < -0.3 is 9.80 Å². The molecule has 106 valence electrons. The van der Waals surface area contributed by atoms with E-state index in [4.69, 9.17) is 0 Å². The molecule has 0 bridgehead atoms. The molecule has 2 nitrogen and oxygen atoms in total. The predicted molar refractivity (Wildman–Crippen MR) is 79.6 cm³/mol. The Labute approximate surface area is 116 Å². The molecule has 1 fully saturated rings. The van der Waals surface area contributed by atoms with Crippen LogP contribution in [0.2, 0.25) is 0 Å². The maximum Gasteiger partial charge on any atom is 0.146 e. The Bertz CT molecular complexity index is 435. The molecule has 1 aliphatic heterocycles. The molecule has 0 spiro atoms. The first-order valence-electron chi connectivity index (χ1n) is 7.30. The van der Waals surface area contributed by atoms with E-state index < -0.39 is 0 Å². The van der Waals surface area contributed by atoms with Crippen molar-refractivity contribution in [2.24, 2.45) is 0 Å². The molecular weight excluding hydrogens is 239 g/mol. The van der Waals surface area contributed by atoms with Crippen LogP contribution in [0.4, 0.5) is 10.1 Å². The quantitative estimate of drug-likeness (QED) is 0.825. The Hall–Kier alpha value is -1.09. The minimum absolute atomic E-state index is 0.0701. The molecule has 2 rings (SSSR count). The van der Waals surface area contributed by atoms with E-state index in [-0.39, 0.29) is 5.82 Å². The van der Waals surface area contributed by atoms with Crippen molar-refractivity contribution in [1.29, 1.82) is 0 Å². The molecule has 1 saturated heterocycles. The lowest BCUT2D eigenvalue weighted by Gasteiger charge is -2.36. The molecule has 3 heteroatoms. The average molecular weight is 264 g/mol. The minimum atomic E-state index is -0.0701. The standard InChI is InChI=1S/C16H25FN2/c1-5-18-6-8-19(9-7-18)16-10-13(4)14(12(2)3)11-15(16)17/h10-12H,5-9H2,1-4H3. The number of aryl methyl sites for hydroxylation is 1. The van der Waals surface area contributed by atoms with Gasteiger partial charge in [0.1, 0.15) is 5.82 Å². The van der Waals surface area contributed by atoms with E-state index >= 15 is 0 Å². The van der Waals surface area contributed by atoms with Gasteiger partial charge in [-0.15, -0.1) is 0 Å². The van der Waals surface area contributed by atoms with Crippen LogP contribution in [0.1, 0.15) is 37.8 Å². The zero-order valence-corrected chi connectivity index (χ0v) is 12.5. The van der Waals surface area contributed by atoms with Crippen LogP contribution in [-0.4, -0.2) is 37.6 Å². The van der Waals surface area contributed by atoms with Crippen molar-refractivity contribution >= 4 is 5.69 Å². The highest BCUT2D eigenvalue weighted by molar-refractivity contribution is 5.53. The molecule has 0 radical (unpaired) electrons. The van der Waals surface area contributed by atoms with Crippen LogP contribution < -0.4 is 4.90 Å². The zero-order chi connectivity index (χ0) is 14.0. The first kappa shape index (κ1) is 14.3. The van der Waals surface area contributed by atoms with Crippen molar-refractivity contribution in [3.8, 4) is 0 Å². The van der Waals surface area contributed by atoms with Gasteiger partial charge >= 0.3 is 0 Å². The smallest absolute Gasteiger partial charge is 0.146 e. The first-order valence-corrected chi connectivity index (χ1v) is 7.30. The first-order chi connectivity index (χ1) is 9.02. The van der Waals surface area contributed by atoms with Gasteiger partial charge in [-0.25, -0.2) is 4.39 Å². The van der Waals surface area contributed by atoms with Crippen LogP contribution in [0.5, 0.6) is 0 Å². The summed E-state index contributed by atoms with van der Waals surface area (Å²) in [7, 11) is 0. The summed E-state index contributed by atoms with van der Waals surface area (Å²) in [6.45, 7) is 13.5. The average Bonchev–Trinajstić information content (AvgIpc) is 2.41. The summed E-state index contributed by atoms with van der Waals surface area (Å²) >= 11 is 0. The third-order valence-electron chi connectivity index (χ3n) is 4.12. The lowest BCUT2D eigenvalue weighted by Crippen LogP contribution is -2.46. The van der Waals surface area contributed by atoms with Crippen LogP contribution in [0.15, 0.2) is 12.1 Å². The maximum absolute atomic E-state index is 14.3. The Balaban J connectivity index is 2.19. The van der Waals surface area contributed by atoms with Crippen LogP contribution in [-0.2, 0) is 0 Å². The third kappa shape index (κ3) is 3.08. The maximum atomic E-state index is 14.3. The van der Waals surface area contributed by atoms with Crippen LogP contribution >= 0.6 is 0 Å². The van der Waals surface area contributed by atoms with E-state index in [2.05, 4.69) is 37.5 Å². The lowest BCUT2D eigenvalue weighted by atomic mass is 9.97. The second-order valence-electron chi connectivity index (χ2n) is 5.74. The topological polar surface area (TPSA) is 6.48 Å². The number of rotatable bonds is 3. The van der Waals surface area contributed by atoms with Crippen molar-refractivity contribution in [3.63, 3.8) is 0 Å². The second kappa shape index (κ2) is 5.91. The van der Waals surface area contributed by atoms with E-state index in [1.54, 1.807) is 6.07 Å². The van der Waals surface area contributed by atoms with E-state index in [9.17, 15) is 4.39 Å². The van der Waals surface area contributed by atoms with Crippen molar-refractivity contribution in [2.75, 3.05) is 37.6 Å². The van der Waals surface area contributed by atoms with E-state index in [0.29, 0.717) is 5.92 Å². The molecule has 19 heavy (non-hydrogen) atoms. The van der Waals surface area contributed by atoms with Crippen molar-refractivity contribution in [3.05, 3.63) is 29.1 Å². The Morgan fingerprint density at radius 2 is 1.79 bits per heavy atom. The number of likely N-dealkylation sites (N-methyl/N-ethyl adjacent to an activating group) is 1. The fraction of sp³-hybridized carbons (Fsp3) is 0.625. The Morgan fingerprint density at radius 1 is 1.16 bits per heavy atom. The molecule has 1 aliphatic rings. The van der Waals surface area contributed by atoms with E-state index in [1.807, 2.05) is 6.07 Å². The van der Waals surface area contributed by atoms with Gasteiger partial charge in [-0.3, -0.25) is 0 Å². The van der Waals surface area contributed by atoms with E-state index in [1.165, 1.54) is 5.56 Å². The Morgan fingerprint density at radius 3 is 2.32 bits per heavy atom. The molecule has 1 aromatic rings. The van der Waals surface area contributed by atoms with Gasteiger partial charge in [-0.2, -0.15) is 0 Å². The molecule has 0 atom stereocenters. The highest BCUT2D eigenvalue weighted by atomic mass is 19.1. The highest BCUT2D eigenvalue weighted by Crippen LogP contribution is 2.28. The summed E-state index contributed by atoms with van der Waals surface area (Å²) in [5, 5.41) is 0. The number of anilines is 1. The normalized spacial score (nSPS) is 17.3. The van der Waals surface area contributed by atoms with Gasteiger partial charge in [0, 0.05) is 26.2 Å². The van der Waals surface area contributed by atoms with Crippen LogP contribution in [0.25, 0.3) is 0 Å².